The van der Waals surface area contributed by atoms with E-state index >= 15 is 0 Å². The first-order valence-corrected chi connectivity index (χ1v) is 13.3. The van der Waals surface area contributed by atoms with Crippen molar-refractivity contribution < 1.29 is 19.0 Å². The molecule has 5 rings (SSSR count). The molecule has 4 aromatic rings. The maximum absolute atomic E-state index is 14.5. The van der Waals surface area contributed by atoms with Gasteiger partial charge in [0.25, 0.3) is 0 Å². The first-order valence-electron chi connectivity index (χ1n) is 11.7. The van der Waals surface area contributed by atoms with Gasteiger partial charge in [0.05, 0.1) is 23.7 Å². The number of esters is 1. The third kappa shape index (κ3) is 5.23. The number of rotatable bonds is 6. The Kier molecular flexibility index (Phi) is 7.61. The molecule has 0 bridgehead atoms. The third-order valence-electron chi connectivity index (χ3n) is 5.92. The standard InChI is InChI=1S/C29H21Cl2FN2O3S/c1-2-37-29(36)26-27(35)25(38-28(26)33-19-12-10-18(30)11-13-19)14-17-15-34(24-9-4-3-6-20(17)24)16-21-22(31)7-5-8-23(21)32/h3-15,35H,2,16H2,1H3/b25-14-,33-28?. The molecular weight excluding hydrogens is 546 g/mol. The number of hydrogen-bond donors (Lipinski definition) is 1. The van der Waals surface area contributed by atoms with Crippen molar-refractivity contribution in [2.24, 2.45) is 4.99 Å². The molecule has 5 nitrogen and oxygen atoms in total. The van der Waals surface area contributed by atoms with Crippen molar-refractivity contribution in [3.63, 3.8) is 0 Å². The number of carbonyl (C=O) groups is 1. The molecule has 0 radical (unpaired) electrons. The highest BCUT2D eigenvalue weighted by atomic mass is 35.5. The van der Waals surface area contributed by atoms with Gasteiger partial charge in [0, 0.05) is 38.3 Å². The molecule has 1 aliphatic rings. The summed E-state index contributed by atoms with van der Waals surface area (Å²) in [7, 11) is 0. The average Bonchev–Trinajstić information content (AvgIpc) is 3.40. The minimum atomic E-state index is -0.662. The minimum Gasteiger partial charge on any atom is -0.506 e. The van der Waals surface area contributed by atoms with Gasteiger partial charge in [-0.1, -0.05) is 59.2 Å². The molecule has 0 saturated heterocycles. The highest BCUT2D eigenvalue weighted by Crippen LogP contribution is 2.41. The molecule has 0 amide bonds. The molecule has 38 heavy (non-hydrogen) atoms. The molecule has 0 unspecified atom stereocenters. The first kappa shape index (κ1) is 26.1. The molecule has 1 aromatic heterocycles. The van der Waals surface area contributed by atoms with Crippen LogP contribution in [0.15, 0.2) is 94.2 Å². The van der Waals surface area contributed by atoms with Crippen LogP contribution in [0.3, 0.4) is 0 Å². The van der Waals surface area contributed by atoms with Crippen LogP contribution >= 0.6 is 35.0 Å². The largest absolute Gasteiger partial charge is 0.506 e. The van der Waals surface area contributed by atoms with Crippen LogP contribution in [-0.4, -0.2) is 27.3 Å². The number of aromatic nitrogens is 1. The molecule has 3 aromatic carbocycles. The monoisotopic (exact) mass is 566 g/mol. The summed E-state index contributed by atoms with van der Waals surface area (Å²) in [6, 6.07) is 19.1. The van der Waals surface area contributed by atoms with Crippen molar-refractivity contribution in [3.05, 3.63) is 116 Å². The molecule has 192 valence electrons. The molecule has 0 fully saturated rings. The minimum absolute atomic E-state index is 0.0000679. The van der Waals surface area contributed by atoms with Gasteiger partial charge in [-0.25, -0.2) is 14.2 Å². The van der Waals surface area contributed by atoms with Crippen LogP contribution in [0, 0.1) is 5.82 Å². The van der Waals surface area contributed by atoms with Crippen LogP contribution in [0.4, 0.5) is 10.1 Å². The maximum atomic E-state index is 14.5. The predicted octanol–water partition coefficient (Wildman–Crippen LogP) is 8.33. The summed E-state index contributed by atoms with van der Waals surface area (Å²) in [4.78, 5) is 17.8. The zero-order chi connectivity index (χ0) is 26.8. The van der Waals surface area contributed by atoms with E-state index in [-0.39, 0.29) is 30.3 Å². The molecule has 1 N–H and O–H groups in total. The molecule has 2 heterocycles. The maximum Gasteiger partial charge on any atom is 0.344 e. The number of carbonyl (C=O) groups excluding carboxylic acids is 1. The molecule has 0 atom stereocenters. The Balaban J connectivity index is 1.58. The van der Waals surface area contributed by atoms with Crippen LogP contribution in [0.1, 0.15) is 18.1 Å². The van der Waals surface area contributed by atoms with Gasteiger partial charge in [0.1, 0.15) is 22.2 Å². The number of benzene rings is 3. The zero-order valence-corrected chi connectivity index (χ0v) is 22.4. The lowest BCUT2D eigenvalue weighted by Crippen LogP contribution is -2.12. The van der Waals surface area contributed by atoms with Crippen LogP contribution in [-0.2, 0) is 16.1 Å². The van der Waals surface area contributed by atoms with E-state index in [0.717, 1.165) is 28.2 Å². The predicted molar refractivity (Wildman–Crippen MR) is 153 cm³/mol. The van der Waals surface area contributed by atoms with Gasteiger partial charge in [-0.05, 0) is 55.5 Å². The fraction of sp³-hybridized carbons (Fsp3) is 0.103. The van der Waals surface area contributed by atoms with Crippen molar-refractivity contribution in [2.45, 2.75) is 13.5 Å². The highest BCUT2D eigenvalue weighted by molar-refractivity contribution is 8.18. The third-order valence-corrected chi connectivity index (χ3v) is 7.55. The SMILES string of the molecule is CCOC(=O)C1=C(O)/C(=C/c2cn(Cc3c(F)cccc3Cl)c3ccccc23)SC1=Nc1ccc(Cl)cc1. The van der Waals surface area contributed by atoms with E-state index in [9.17, 15) is 14.3 Å². The second-order valence-electron chi connectivity index (χ2n) is 8.38. The molecule has 1 aliphatic heterocycles. The van der Waals surface area contributed by atoms with Crippen LogP contribution in [0.2, 0.25) is 10.0 Å². The Morgan fingerprint density at radius 1 is 1.11 bits per heavy atom. The van der Waals surface area contributed by atoms with Gasteiger partial charge in [-0.3, -0.25) is 0 Å². The smallest absolute Gasteiger partial charge is 0.344 e. The van der Waals surface area contributed by atoms with Gasteiger partial charge in [0.2, 0.25) is 0 Å². The summed E-state index contributed by atoms with van der Waals surface area (Å²) in [6.07, 6.45) is 3.65. The van der Waals surface area contributed by atoms with Gasteiger partial charge >= 0.3 is 5.97 Å². The van der Waals surface area contributed by atoms with E-state index < -0.39 is 5.97 Å². The number of fused-ring (bicyclic) bond motifs is 1. The Morgan fingerprint density at radius 2 is 1.87 bits per heavy atom. The first-order chi connectivity index (χ1) is 18.4. The normalized spacial score (nSPS) is 15.7. The quantitative estimate of drug-likeness (QED) is 0.238. The fourth-order valence-electron chi connectivity index (χ4n) is 4.14. The summed E-state index contributed by atoms with van der Waals surface area (Å²) in [5, 5.41) is 13.2. The Morgan fingerprint density at radius 3 is 2.61 bits per heavy atom. The number of para-hydroxylation sites is 1. The van der Waals surface area contributed by atoms with E-state index in [4.69, 9.17) is 27.9 Å². The fourth-order valence-corrected chi connectivity index (χ4v) is 5.52. The van der Waals surface area contributed by atoms with E-state index in [1.807, 2.05) is 35.0 Å². The van der Waals surface area contributed by atoms with Crippen LogP contribution < -0.4 is 0 Å². The van der Waals surface area contributed by atoms with Crippen molar-refractivity contribution in [1.82, 2.24) is 4.57 Å². The van der Waals surface area contributed by atoms with Crippen molar-refractivity contribution in [2.75, 3.05) is 6.61 Å². The Bertz CT molecular complexity index is 1620. The molecule has 0 saturated carbocycles. The second kappa shape index (κ2) is 11.1. The number of ether oxygens (including phenoxy) is 1. The Labute approximate surface area is 232 Å². The lowest BCUT2D eigenvalue weighted by molar-refractivity contribution is -0.138. The number of hydrogen-bond acceptors (Lipinski definition) is 5. The van der Waals surface area contributed by atoms with E-state index in [1.165, 1.54) is 6.07 Å². The summed E-state index contributed by atoms with van der Waals surface area (Å²) < 4.78 is 21.6. The van der Waals surface area contributed by atoms with Gasteiger partial charge in [-0.15, -0.1) is 0 Å². The molecule has 0 spiro atoms. The molecule has 9 heteroatoms. The summed E-state index contributed by atoms with van der Waals surface area (Å²) in [5.41, 5.74) is 2.60. The van der Waals surface area contributed by atoms with E-state index in [0.29, 0.717) is 31.2 Å². The number of halogens is 3. The number of aliphatic hydroxyl groups is 1. The van der Waals surface area contributed by atoms with Gasteiger partial charge in [0.15, 0.2) is 0 Å². The van der Waals surface area contributed by atoms with Gasteiger partial charge < -0.3 is 14.4 Å². The summed E-state index contributed by atoms with van der Waals surface area (Å²) >= 11 is 13.4. The van der Waals surface area contributed by atoms with Crippen molar-refractivity contribution in [1.29, 1.82) is 0 Å². The number of nitrogens with zero attached hydrogens (tertiary/aromatic N) is 2. The van der Waals surface area contributed by atoms with Crippen LogP contribution in [0.25, 0.3) is 17.0 Å². The lowest BCUT2D eigenvalue weighted by Gasteiger charge is -2.08. The van der Waals surface area contributed by atoms with Crippen LogP contribution in [0.5, 0.6) is 0 Å². The molecular formula is C29H21Cl2FN2O3S. The number of aliphatic hydroxyl groups excluding tert-OH is 1. The zero-order valence-electron chi connectivity index (χ0n) is 20.1. The lowest BCUT2D eigenvalue weighted by atomic mass is 10.1. The summed E-state index contributed by atoms with van der Waals surface area (Å²) in [5.74, 6) is -1.26. The van der Waals surface area contributed by atoms with E-state index in [2.05, 4.69) is 4.99 Å². The molecule has 0 aliphatic carbocycles. The highest BCUT2D eigenvalue weighted by Gasteiger charge is 2.33. The summed E-state index contributed by atoms with van der Waals surface area (Å²) in [6.45, 7) is 2.07. The van der Waals surface area contributed by atoms with E-state index in [1.54, 1.807) is 49.4 Å². The van der Waals surface area contributed by atoms with Gasteiger partial charge in [-0.2, -0.15) is 0 Å². The van der Waals surface area contributed by atoms with Crippen molar-refractivity contribution in [3.8, 4) is 0 Å². The number of thioether (sulfide) groups is 1. The van der Waals surface area contributed by atoms with Crippen molar-refractivity contribution >= 4 is 68.6 Å². The number of aliphatic imine (C=N–C) groups is 1. The second-order valence-corrected chi connectivity index (χ2v) is 10.3. The topological polar surface area (TPSA) is 63.8 Å². The Hall–Kier alpha value is -3.52. The average molecular weight is 567 g/mol.